The Bertz CT molecular complexity index is 1120. The number of rotatable bonds is 15. The van der Waals surface area contributed by atoms with Crippen LogP contribution in [0.3, 0.4) is 0 Å². The molecule has 1 saturated carbocycles. The average Bonchev–Trinajstić information content (AvgIpc) is 3.56. The van der Waals surface area contributed by atoms with Crippen molar-refractivity contribution in [2.75, 3.05) is 51.2 Å². The van der Waals surface area contributed by atoms with Gasteiger partial charge in [0.1, 0.15) is 24.0 Å². The van der Waals surface area contributed by atoms with Gasteiger partial charge in [0.2, 0.25) is 6.41 Å². The number of aromatic hydroxyl groups is 1. The van der Waals surface area contributed by atoms with Gasteiger partial charge in [-0.1, -0.05) is 49.2 Å². The van der Waals surface area contributed by atoms with Crippen molar-refractivity contribution in [1.82, 2.24) is 5.32 Å². The number of aliphatic hydroxyl groups excluding tert-OH is 1. The van der Waals surface area contributed by atoms with Gasteiger partial charge in [-0.15, -0.1) is 17.0 Å². The third-order valence-electron chi connectivity index (χ3n) is 10.1. The molecule has 3 aliphatic heterocycles. The fourth-order valence-electron chi connectivity index (χ4n) is 7.52. The van der Waals surface area contributed by atoms with Crippen molar-refractivity contribution in [3.8, 4) is 5.75 Å². The Kier molecular flexibility index (Phi) is 11.8. The predicted molar refractivity (Wildman–Crippen MR) is 170 cm³/mol. The first-order valence-corrected chi connectivity index (χ1v) is 15.6. The molecular formula is C33H49BrN3O5+. The van der Waals surface area contributed by atoms with Crippen LogP contribution in [-0.4, -0.2) is 78.2 Å². The highest BCUT2D eigenvalue weighted by molar-refractivity contribution is 8.93. The Morgan fingerprint density at radius 1 is 1.05 bits per heavy atom. The molecule has 3 saturated heterocycles. The lowest BCUT2D eigenvalue weighted by Crippen LogP contribution is -2.64. The number of aliphatic hydroxyl groups is 2. The Morgan fingerprint density at radius 3 is 2.50 bits per heavy atom. The summed E-state index contributed by atoms with van der Waals surface area (Å²) in [5.74, 6) is 0.844. The van der Waals surface area contributed by atoms with Crippen LogP contribution in [0.25, 0.3) is 0 Å². The van der Waals surface area contributed by atoms with Gasteiger partial charge in [0.25, 0.3) is 0 Å². The summed E-state index contributed by atoms with van der Waals surface area (Å²) >= 11 is 0. The van der Waals surface area contributed by atoms with Crippen LogP contribution in [0, 0.1) is 11.8 Å². The monoisotopic (exact) mass is 646 g/mol. The van der Waals surface area contributed by atoms with E-state index in [1.165, 1.54) is 44.8 Å². The van der Waals surface area contributed by atoms with E-state index in [1.54, 1.807) is 12.1 Å². The van der Waals surface area contributed by atoms with Gasteiger partial charge in [-0.05, 0) is 61.4 Å². The number of phenolic OH excluding ortho intramolecular Hbond substituents is 1. The largest absolute Gasteiger partial charge is 0.506 e. The molecule has 2 bridgehead atoms. The number of unbranched alkanes of at least 4 members (excludes halogenated alkanes) is 1. The van der Waals surface area contributed by atoms with Crippen molar-refractivity contribution in [3.05, 3.63) is 59.7 Å². The minimum atomic E-state index is -0.905. The molecular weight excluding hydrogens is 598 g/mol. The summed E-state index contributed by atoms with van der Waals surface area (Å²) in [7, 11) is 0. The fraction of sp³-hybridized carbons (Fsp3) is 0.606. The molecule has 232 valence electrons. The van der Waals surface area contributed by atoms with Gasteiger partial charge in [0, 0.05) is 25.3 Å². The number of nitrogens with one attached hydrogen (secondary N) is 2. The minimum Gasteiger partial charge on any atom is -0.506 e. The number of anilines is 1. The molecule has 0 aromatic heterocycles. The van der Waals surface area contributed by atoms with Crippen molar-refractivity contribution in [2.45, 2.75) is 69.2 Å². The van der Waals surface area contributed by atoms with Crippen LogP contribution >= 0.6 is 17.0 Å². The van der Waals surface area contributed by atoms with Crippen LogP contribution in [0.5, 0.6) is 5.75 Å². The Morgan fingerprint density at radius 2 is 1.79 bits per heavy atom. The number of phenols is 1. The van der Waals surface area contributed by atoms with E-state index in [4.69, 9.17) is 4.74 Å². The van der Waals surface area contributed by atoms with Crippen molar-refractivity contribution < 1.29 is 29.3 Å². The van der Waals surface area contributed by atoms with E-state index < -0.39 is 11.7 Å². The number of carbonyl (C=O) groups excluding carboxylic acids is 1. The van der Waals surface area contributed by atoms with Crippen molar-refractivity contribution >= 4 is 29.1 Å². The zero-order valence-electron chi connectivity index (χ0n) is 24.6. The van der Waals surface area contributed by atoms with Gasteiger partial charge < -0.3 is 35.2 Å². The van der Waals surface area contributed by atoms with E-state index in [1.807, 2.05) is 18.2 Å². The molecule has 9 heteroatoms. The number of carbonyl (C=O) groups is 1. The first-order valence-electron chi connectivity index (χ1n) is 15.6. The number of nitrogens with zero attached hydrogens (tertiary/aromatic N) is 1. The molecule has 1 amide bonds. The molecule has 4 fully saturated rings. The van der Waals surface area contributed by atoms with E-state index in [0.29, 0.717) is 36.7 Å². The number of halogens is 1. The highest BCUT2D eigenvalue weighted by Gasteiger charge is 2.48. The topological polar surface area (TPSA) is 111 Å². The SMILES string of the molecule is Br.O=CNc1cc([C@@H](O)CNCCCC[N+]23CCC(CC2)[C@@H](OC[C@@](O)(c2ccccc2)C2CCCC2)C3)ccc1O. The number of benzene rings is 2. The molecule has 2 aromatic rings. The summed E-state index contributed by atoms with van der Waals surface area (Å²) in [5.41, 5.74) is 1.03. The number of hydrogen-bond donors (Lipinski definition) is 5. The van der Waals surface area contributed by atoms with Gasteiger partial charge in [-0.25, -0.2) is 0 Å². The standard InChI is InChI=1S/C33H47N3O5.BrH/c37-24-35-29-20-26(12-13-30(29)38)31(39)21-34-16-6-7-17-36-18-14-25(15-19-36)32(22-36)41-23-33(40,28-10-4-5-11-28)27-8-2-1-3-9-27;/h1-3,8-9,12-13,20,24-25,28,31-32,34,39-40H,4-7,10-11,14-19,21-23H2,(H-,35,37,38);1H/p+1/t25?,31-,32-,33+,36?;/m0./s1. The molecule has 0 spiro atoms. The molecule has 42 heavy (non-hydrogen) atoms. The minimum absolute atomic E-state index is 0. The lowest BCUT2D eigenvalue weighted by atomic mass is 9.80. The lowest BCUT2D eigenvalue weighted by molar-refractivity contribution is -0.946. The second-order valence-electron chi connectivity index (χ2n) is 12.6. The second kappa shape index (κ2) is 15.1. The Balaban J connectivity index is 0.00000405. The van der Waals surface area contributed by atoms with Gasteiger partial charge in [-0.3, -0.25) is 4.79 Å². The smallest absolute Gasteiger partial charge is 0.211 e. The molecule has 1 aliphatic carbocycles. The van der Waals surface area contributed by atoms with Crippen LogP contribution in [0.2, 0.25) is 0 Å². The van der Waals surface area contributed by atoms with Crippen LogP contribution in [0.1, 0.15) is 68.6 Å². The molecule has 3 atom stereocenters. The van der Waals surface area contributed by atoms with Crippen molar-refractivity contribution in [2.24, 2.45) is 11.8 Å². The van der Waals surface area contributed by atoms with Gasteiger partial charge in [-0.2, -0.15) is 0 Å². The molecule has 6 rings (SSSR count). The zero-order chi connectivity index (χ0) is 28.7. The quantitative estimate of drug-likeness (QED) is 0.0834. The zero-order valence-corrected chi connectivity index (χ0v) is 26.3. The number of amides is 1. The molecule has 2 aromatic carbocycles. The molecule has 3 heterocycles. The Hall–Kier alpha value is -2.01. The lowest BCUT2D eigenvalue weighted by Gasteiger charge is -2.53. The van der Waals surface area contributed by atoms with Gasteiger partial charge in [0.15, 0.2) is 0 Å². The molecule has 0 unspecified atom stereocenters. The predicted octanol–water partition coefficient (Wildman–Crippen LogP) is 4.65. The molecule has 8 nitrogen and oxygen atoms in total. The summed E-state index contributed by atoms with van der Waals surface area (Å²) in [6, 6.07) is 14.9. The summed E-state index contributed by atoms with van der Waals surface area (Å²) in [5, 5.41) is 38.1. The average molecular weight is 648 g/mol. The summed E-state index contributed by atoms with van der Waals surface area (Å²) in [6.45, 7) is 6.26. The molecule has 4 aliphatic rings. The van der Waals surface area contributed by atoms with Crippen LogP contribution in [-0.2, 0) is 15.1 Å². The normalized spacial score (nSPS) is 25.9. The number of quaternary nitrogens is 1. The van der Waals surface area contributed by atoms with E-state index in [9.17, 15) is 20.1 Å². The van der Waals surface area contributed by atoms with Crippen LogP contribution in [0.4, 0.5) is 5.69 Å². The summed E-state index contributed by atoms with van der Waals surface area (Å²) < 4.78 is 7.80. The maximum atomic E-state index is 11.9. The Labute approximate surface area is 260 Å². The number of ether oxygens (including phenoxy) is 1. The first kappa shape index (κ1) is 32.9. The maximum Gasteiger partial charge on any atom is 0.211 e. The van der Waals surface area contributed by atoms with E-state index in [0.717, 1.165) is 55.4 Å². The van der Waals surface area contributed by atoms with Crippen LogP contribution in [0.15, 0.2) is 48.5 Å². The summed E-state index contributed by atoms with van der Waals surface area (Å²) in [6.07, 6.45) is 9.08. The number of piperidine rings is 3. The summed E-state index contributed by atoms with van der Waals surface area (Å²) in [4.78, 5) is 10.7. The second-order valence-corrected chi connectivity index (χ2v) is 12.6. The third-order valence-corrected chi connectivity index (χ3v) is 10.1. The molecule has 5 N–H and O–H groups in total. The highest BCUT2D eigenvalue weighted by atomic mass is 79.9. The highest BCUT2D eigenvalue weighted by Crippen LogP contribution is 2.42. The van der Waals surface area contributed by atoms with Crippen LogP contribution < -0.4 is 10.6 Å². The maximum absolute atomic E-state index is 11.9. The van der Waals surface area contributed by atoms with Crippen molar-refractivity contribution in [3.63, 3.8) is 0 Å². The molecule has 0 radical (unpaired) electrons. The third kappa shape index (κ3) is 7.73. The van der Waals surface area contributed by atoms with E-state index in [2.05, 4.69) is 22.8 Å². The van der Waals surface area contributed by atoms with E-state index in [-0.39, 0.29) is 34.8 Å². The number of hydrogen-bond acceptors (Lipinski definition) is 6. The number of fused-ring (bicyclic) bond motifs is 3. The van der Waals surface area contributed by atoms with Crippen molar-refractivity contribution in [1.29, 1.82) is 0 Å². The van der Waals surface area contributed by atoms with Gasteiger partial charge in [0.05, 0.1) is 38.0 Å². The fourth-order valence-corrected chi connectivity index (χ4v) is 7.52. The van der Waals surface area contributed by atoms with E-state index >= 15 is 0 Å². The van der Waals surface area contributed by atoms with Gasteiger partial charge >= 0.3 is 0 Å². The first-order chi connectivity index (χ1) is 19.9.